The summed E-state index contributed by atoms with van der Waals surface area (Å²) in [7, 11) is 0. The third-order valence-corrected chi connectivity index (χ3v) is 3.07. The van der Waals surface area contributed by atoms with Crippen molar-refractivity contribution >= 4 is 5.91 Å². The van der Waals surface area contributed by atoms with Crippen molar-refractivity contribution in [2.24, 2.45) is 0 Å². The maximum atomic E-state index is 12.4. The SMILES string of the molecule is CCOCCN(CCOCC)C(=O)C1CNCCN1. The van der Waals surface area contributed by atoms with E-state index in [2.05, 4.69) is 10.6 Å². The van der Waals surface area contributed by atoms with Gasteiger partial charge in [0, 0.05) is 45.9 Å². The van der Waals surface area contributed by atoms with Crippen LogP contribution in [0.3, 0.4) is 0 Å². The molecule has 1 amide bonds. The zero-order chi connectivity index (χ0) is 13.9. The van der Waals surface area contributed by atoms with E-state index in [0.717, 1.165) is 13.1 Å². The van der Waals surface area contributed by atoms with Gasteiger partial charge < -0.3 is 25.0 Å². The number of hydrogen-bond donors (Lipinski definition) is 2. The minimum absolute atomic E-state index is 0.128. The third-order valence-electron chi connectivity index (χ3n) is 3.07. The molecular weight excluding hydrogens is 246 g/mol. The van der Waals surface area contributed by atoms with Crippen molar-refractivity contribution in [3.63, 3.8) is 0 Å². The van der Waals surface area contributed by atoms with Gasteiger partial charge in [-0.2, -0.15) is 0 Å². The van der Waals surface area contributed by atoms with Crippen molar-refractivity contribution < 1.29 is 14.3 Å². The lowest BCUT2D eigenvalue weighted by Gasteiger charge is -2.30. The van der Waals surface area contributed by atoms with Gasteiger partial charge >= 0.3 is 0 Å². The molecule has 1 unspecified atom stereocenters. The van der Waals surface area contributed by atoms with Crippen molar-refractivity contribution in [3.8, 4) is 0 Å². The highest BCUT2D eigenvalue weighted by molar-refractivity contribution is 5.82. The standard InChI is InChI=1S/C13H27N3O3/c1-3-18-9-7-16(8-10-19-4-2)13(17)12-11-14-5-6-15-12/h12,14-15H,3-11H2,1-2H3. The number of hydrogen-bond acceptors (Lipinski definition) is 5. The van der Waals surface area contributed by atoms with E-state index in [1.165, 1.54) is 0 Å². The lowest BCUT2D eigenvalue weighted by Crippen LogP contribution is -2.57. The van der Waals surface area contributed by atoms with Crippen molar-refractivity contribution in [1.29, 1.82) is 0 Å². The van der Waals surface area contributed by atoms with Crippen LogP contribution in [-0.2, 0) is 14.3 Å². The summed E-state index contributed by atoms with van der Waals surface area (Å²) >= 11 is 0. The van der Waals surface area contributed by atoms with Crippen LogP contribution in [0.1, 0.15) is 13.8 Å². The molecule has 1 rings (SSSR count). The molecule has 0 aromatic rings. The fourth-order valence-electron chi connectivity index (χ4n) is 2.02. The second-order valence-corrected chi connectivity index (χ2v) is 4.43. The largest absolute Gasteiger partial charge is 0.380 e. The molecular formula is C13H27N3O3. The first-order valence-corrected chi connectivity index (χ1v) is 7.18. The molecule has 6 heteroatoms. The number of amides is 1. The number of carbonyl (C=O) groups excluding carboxylic acids is 1. The summed E-state index contributed by atoms with van der Waals surface area (Å²) in [5.41, 5.74) is 0. The Morgan fingerprint density at radius 3 is 2.26 bits per heavy atom. The first-order chi connectivity index (χ1) is 9.29. The van der Waals surface area contributed by atoms with E-state index in [0.29, 0.717) is 46.1 Å². The molecule has 1 saturated heterocycles. The molecule has 0 aromatic heterocycles. The van der Waals surface area contributed by atoms with Crippen LogP contribution < -0.4 is 10.6 Å². The maximum absolute atomic E-state index is 12.4. The van der Waals surface area contributed by atoms with E-state index in [-0.39, 0.29) is 11.9 Å². The van der Waals surface area contributed by atoms with Crippen LogP contribution in [0.15, 0.2) is 0 Å². The van der Waals surface area contributed by atoms with Crippen LogP contribution in [0.25, 0.3) is 0 Å². The number of ether oxygens (including phenoxy) is 2. The van der Waals surface area contributed by atoms with E-state index in [4.69, 9.17) is 9.47 Å². The maximum Gasteiger partial charge on any atom is 0.241 e. The number of piperazine rings is 1. The number of rotatable bonds is 9. The van der Waals surface area contributed by atoms with Gasteiger partial charge in [0.25, 0.3) is 0 Å². The Labute approximate surface area is 115 Å². The molecule has 1 atom stereocenters. The van der Waals surface area contributed by atoms with E-state index < -0.39 is 0 Å². The van der Waals surface area contributed by atoms with E-state index in [1.54, 1.807) is 0 Å². The van der Waals surface area contributed by atoms with E-state index in [9.17, 15) is 4.79 Å². The van der Waals surface area contributed by atoms with Crippen LogP contribution in [0.4, 0.5) is 0 Å². The fourth-order valence-corrected chi connectivity index (χ4v) is 2.02. The van der Waals surface area contributed by atoms with Gasteiger partial charge in [-0.1, -0.05) is 0 Å². The number of nitrogens with zero attached hydrogens (tertiary/aromatic N) is 1. The van der Waals surface area contributed by atoms with Gasteiger partial charge in [-0.25, -0.2) is 0 Å². The highest BCUT2D eigenvalue weighted by Crippen LogP contribution is 1.98. The third kappa shape index (κ3) is 6.33. The molecule has 0 spiro atoms. The average Bonchev–Trinajstić information content (AvgIpc) is 2.46. The zero-order valence-corrected chi connectivity index (χ0v) is 12.1. The molecule has 1 heterocycles. The van der Waals surface area contributed by atoms with Crippen molar-refractivity contribution in [3.05, 3.63) is 0 Å². The Morgan fingerprint density at radius 2 is 1.79 bits per heavy atom. The first-order valence-electron chi connectivity index (χ1n) is 7.18. The average molecular weight is 273 g/mol. The minimum Gasteiger partial charge on any atom is -0.380 e. The Balaban J connectivity index is 2.41. The summed E-state index contributed by atoms with van der Waals surface area (Å²) < 4.78 is 10.7. The van der Waals surface area contributed by atoms with Crippen LogP contribution in [0.2, 0.25) is 0 Å². The summed E-state index contributed by atoms with van der Waals surface area (Å²) in [6, 6.07) is -0.128. The van der Waals surface area contributed by atoms with Crippen molar-refractivity contribution in [1.82, 2.24) is 15.5 Å². The first kappa shape index (κ1) is 16.4. The van der Waals surface area contributed by atoms with E-state index in [1.807, 2.05) is 18.7 Å². The number of carbonyl (C=O) groups is 1. The molecule has 0 saturated carbocycles. The highest BCUT2D eigenvalue weighted by atomic mass is 16.5. The molecule has 0 aliphatic carbocycles. The van der Waals surface area contributed by atoms with Gasteiger partial charge in [0.1, 0.15) is 0 Å². The molecule has 1 aliphatic rings. The fraction of sp³-hybridized carbons (Fsp3) is 0.923. The highest BCUT2D eigenvalue weighted by Gasteiger charge is 2.25. The summed E-state index contributed by atoms with van der Waals surface area (Å²) in [4.78, 5) is 14.2. The predicted molar refractivity (Wildman–Crippen MR) is 74.2 cm³/mol. The Morgan fingerprint density at radius 1 is 1.16 bits per heavy atom. The summed E-state index contributed by atoms with van der Waals surface area (Å²) in [6.07, 6.45) is 0. The second-order valence-electron chi connectivity index (χ2n) is 4.43. The van der Waals surface area contributed by atoms with Crippen LogP contribution in [-0.4, -0.2) is 76.0 Å². The van der Waals surface area contributed by atoms with Crippen molar-refractivity contribution in [2.45, 2.75) is 19.9 Å². The van der Waals surface area contributed by atoms with Gasteiger partial charge in [0.15, 0.2) is 0 Å². The monoisotopic (exact) mass is 273 g/mol. The smallest absolute Gasteiger partial charge is 0.241 e. The Kier molecular flexibility index (Phi) is 8.73. The van der Waals surface area contributed by atoms with Gasteiger partial charge in [0.2, 0.25) is 5.91 Å². The normalized spacial score (nSPS) is 19.4. The quantitative estimate of drug-likeness (QED) is 0.552. The van der Waals surface area contributed by atoms with Crippen LogP contribution in [0.5, 0.6) is 0 Å². The summed E-state index contributed by atoms with van der Waals surface area (Å²) in [6.45, 7) is 10.1. The lowest BCUT2D eigenvalue weighted by atomic mass is 10.2. The van der Waals surface area contributed by atoms with Crippen molar-refractivity contribution in [2.75, 3.05) is 59.2 Å². The molecule has 1 fully saturated rings. The van der Waals surface area contributed by atoms with Gasteiger partial charge in [-0.3, -0.25) is 4.79 Å². The zero-order valence-electron chi connectivity index (χ0n) is 12.1. The summed E-state index contributed by atoms with van der Waals surface area (Å²) in [5.74, 6) is 0.131. The number of nitrogens with one attached hydrogen (secondary N) is 2. The Bertz CT molecular complexity index is 235. The predicted octanol–water partition coefficient (Wildman–Crippen LogP) is -0.551. The lowest BCUT2D eigenvalue weighted by molar-refractivity contribution is -0.135. The minimum atomic E-state index is -0.128. The topological polar surface area (TPSA) is 62.8 Å². The molecule has 19 heavy (non-hydrogen) atoms. The molecule has 1 aliphatic heterocycles. The molecule has 0 aromatic carbocycles. The van der Waals surface area contributed by atoms with E-state index >= 15 is 0 Å². The molecule has 112 valence electrons. The molecule has 2 N–H and O–H groups in total. The Hall–Kier alpha value is -0.690. The van der Waals surface area contributed by atoms with Crippen LogP contribution in [0, 0.1) is 0 Å². The summed E-state index contributed by atoms with van der Waals surface area (Å²) in [5, 5.41) is 6.48. The molecule has 0 radical (unpaired) electrons. The molecule has 6 nitrogen and oxygen atoms in total. The molecule has 0 bridgehead atoms. The van der Waals surface area contributed by atoms with Gasteiger partial charge in [-0.15, -0.1) is 0 Å². The van der Waals surface area contributed by atoms with Gasteiger partial charge in [-0.05, 0) is 13.8 Å². The van der Waals surface area contributed by atoms with Gasteiger partial charge in [0.05, 0.1) is 19.3 Å². The second kappa shape index (κ2) is 10.1. The van der Waals surface area contributed by atoms with Crippen LogP contribution >= 0.6 is 0 Å².